The second kappa shape index (κ2) is 3.37. The van der Waals surface area contributed by atoms with Crippen LogP contribution in [0.15, 0.2) is 30.6 Å². The van der Waals surface area contributed by atoms with Gasteiger partial charge in [0.25, 0.3) is 0 Å². The zero-order chi connectivity index (χ0) is 10.9. The van der Waals surface area contributed by atoms with Gasteiger partial charge in [0.05, 0.1) is 30.0 Å². The van der Waals surface area contributed by atoms with Crippen molar-refractivity contribution in [3.8, 4) is 6.07 Å². The van der Waals surface area contributed by atoms with E-state index >= 15 is 0 Å². The number of nitrogens with two attached hydrogens (primary N) is 1. The van der Waals surface area contributed by atoms with Crippen molar-refractivity contribution in [3.63, 3.8) is 0 Å². The number of para-hydroxylation sites is 2. The lowest BCUT2D eigenvalue weighted by Gasteiger charge is -2.16. The third kappa shape index (κ3) is 1.83. The molecule has 4 nitrogen and oxygen atoms in total. The minimum Gasteiger partial charge on any atom is -0.328 e. The normalized spacial score (nSPS) is 14.7. The first-order chi connectivity index (χ1) is 7.12. The molecule has 1 heterocycles. The van der Waals surface area contributed by atoms with Crippen molar-refractivity contribution in [2.75, 3.05) is 0 Å². The maximum Gasteiger partial charge on any atom is 0.119 e. The number of aromatic nitrogens is 2. The van der Waals surface area contributed by atoms with Gasteiger partial charge >= 0.3 is 0 Å². The van der Waals surface area contributed by atoms with E-state index in [1.807, 2.05) is 28.8 Å². The predicted octanol–water partition coefficient (Wildman–Crippen LogP) is 1.28. The molecule has 0 radical (unpaired) electrons. The maximum atomic E-state index is 8.86. The van der Waals surface area contributed by atoms with Crippen LogP contribution in [0.4, 0.5) is 0 Å². The molecule has 0 spiro atoms. The van der Waals surface area contributed by atoms with Crippen molar-refractivity contribution in [2.24, 2.45) is 5.73 Å². The van der Waals surface area contributed by atoms with Crippen LogP contribution in [0.3, 0.4) is 0 Å². The Labute approximate surface area is 87.9 Å². The fourth-order valence-corrected chi connectivity index (χ4v) is 1.53. The second-order valence-electron chi connectivity index (χ2n) is 3.89. The van der Waals surface area contributed by atoms with Gasteiger partial charge in [0.2, 0.25) is 0 Å². The molecule has 2 N–H and O–H groups in total. The molecule has 0 amide bonds. The Morgan fingerprint density at radius 3 is 3.00 bits per heavy atom. The van der Waals surface area contributed by atoms with Gasteiger partial charge in [-0.2, -0.15) is 5.26 Å². The predicted molar refractivity (Wildman–Crippen MR) is 57.9 cm³/mol. The number of nitriles is 1. The van der Waals surface area contributed by atoms with E-state index in [0.29, 0.717) is 6.54 Å². The van der Waals surface area contributed by atoms with Gasteiger partial charge < -0.3 is 10.3 Å². The molecule has 1 aromatic heterocycles. The number of benzene rings is 1. The van der Waals surface area contributed by atoms with E-state index in [-0.39, 0.29) is 0 Å². The van der Waals surface area contributed by atoms with Crippen LogP contribution in [0.5, 0.6) is 0 Å². The SMILES string of the molecule is CC(N)(C#N)Cn1cnc2ccccc21. The van der Waals surface area contributed by atoms with Crippen molar-refractivity contribution < 1.29 is 0 Å². The van der Waals surface area contributed by atoms with Crippen molar-refractivity contribution in [1.82, 2.24) is 9.55 Å². The van der Waals surface area contributed by atoms with Crippen LogP contribution < -0.4 is 5.73 Å². The minimum atomic E-state index is -0.858. The van der Waals surface area contributed by atoms with Gasteiger partial charge in [-0.1, -0.05) is 12.1 Å². The summed E-state index contributed by atoms with van der Waals surface area (Å²) < 4.78 is 1.90. The summed E-state index contributed by atoms with van der Waals surface area (Å²) in [7, 11) is 0. The topological polar surface area (TPSA) is 67.6 Å². The summed E-state index contributed by atoms with van der Waals surface area (Å²) in [6.45, 7) is 2.16. The molecule has 0 aliphatic heterocycles. The highest BCUT2D eigenvalue weighted by Crippen LogP contribution is 2.14. The van der Waals surface area contributed by atoms with Crippen LogP contribution in [0.2, 0.25) is 0 Å². The van der Waals surface area contributed by atoms with Gasteiger partial charge in [0.1, 0.15) is 5.54 Å². The van der Waals surface area contributed by atoms with E-state index < -0.39 is 5.54 Å². The van der Waals surface area contributed by atoms with Crippen molar-refractivity contribution in [2.45, 2.75) is 19.0 Å². The summed E-state index contributed by atoms with van der Waals surface area (Å²) in [4.78, 5) is 4.24. The summed E-state index contributed by atoms with van der Waals surface area (Å²) in [5.74, 6) is 0. The quantitative estimate of drug-likeness (QED) is 0.793. The number of rotatable bonds is 2. The largest absolute Gasteiger partial charge is 0.328 e. The highest BCUT2D eigenvalue weighted by molar-refractivity contribution is 5.74. The van der Waals surface area contributed by atoms with E-state index in [1.165, 1.54) is 0 Å². The van der Waals surface area contributed by atoms with Gasteiger partial charge in [-0.15, -0.1) is 0 Å². The molecule has 15 heavy (non-hydrogen) atoms. The highest BCUT2D eigenvalue weighted by Gasteiger charge is 2.18. The Morgan fingerprint density at radius 1 is 1.53 bits per heavy atom. The van der Waals surface area contributed by atoms with Crippen molar-refractivity contribution in [3.05, 3.63) is 30.6 Å². The molecule has 1 unspecified atom stereocenters. The maximum absolute atomic E-state index is 8.86. The molecule has 0 saturated heterocycles. The molecule has 1 aromatic carbocycles. The molecule has 1 atom stereocenters. The van der Waals surface area contributed by atoms with E-state index in [4.69, 9.17) is 11.0 Å². The van der Waals surface area contributed by atoms with E-state index in [9.17, 15) is 0 Å². The Hall–Kier alpha value is -1.86. The lowest BCUT2D eigenvalue weighted by atomic mass is 10.1. The van der Waals surface area contributed by atoms with Gasteiger partial charge in [-0.05, 0) is 19.1 Å². The minimum absolute atomic E-state index is 0.448. The number of hydrogen-bond acceptors (Lipinski definition) is 3. The number of hydrogen-bond donors (Lipinski definition) is 1. The van der Waals surface area contributed by atoms with Gasteiger partial charge in [-0.25, -0.2) is 4.98 Å². The van der Waals surface area contributed by atoms with E-state index in [0.717, 1.165) is 11.0 Å². The van der Waals surface area contributed by atoms with E-state index in [2.05, 4.69) is 11.1 Å². The molecule has 2 rings (SSSR count). The number of imidazole rings is 1. The summed E-state index contributed by atoms with van der Waals surface area (Å²) in [5.41, 5.74) is 6.86. The summed E-state index contributed by atoms with van der Waals surface area (Å²) >= 11 is 0. The third-order valence-corrected chi connectivity index (χ3v) is 2.28. The lowest BCUT2D eigenvalue weighted by Crippen LogP contribution is -2.38. The molecule has 76 valence electrons. The zero-order valence-electron chi connectivity index (χ0n) is 8.51. The molecule has 0 saturated carbocycles. The molecule has 0 aliphatic carbocycles. The van der Waals surface area contributed by atoms with Crippen molar-refractivity contribution >= 4 is 11.0 Å². The average Bonchev–Trinajstić information content (AvgIpc) is 2.62. The van der Waals surface area contributed by atoms with Crippen LogP contribution in [0, 0.1) is 11.3 Å². The number of fused-ring (bicyclic) bond motifs is 1. The van der Waals surface area contributed by atoms with Gasteiger partial charge in [0.15, 0.2) is 0 Å². The monoisotopic (exact) mass is 200 g/mol. The smallest absolute Gasteiger partial charge is 0.119 e. The molecule has 0 aliphatic rings. The van der Waals surface area contributed by atoms with Crippen LogP contribution in [0.25, 0.3) is 11.0 Å². The first-order valence-electron chi connectivity index (χ1n) is 4.72. The van der Waals surface area contributed by atoms with Crippen LogP contribution in [0.1, 0.15) is 6.92 Å². The summed E-state index contributed by atoms with van der Waals surface area (Å²) in [5, 5.41) is 8.86. The van der Waals surface area contributed by atoms with Crippen molar-refractivity contribution in [1.29, 1.82) is 5.26 Å². The lowest BCUT2D eigenvalue weighted by molar-refractivity contribution is 0.501. The third-order valence-electron chi connectivity index (χ3n) is 2.28. The molecule has 4 heteroatoms. The van der Waals surface area contributed by atoms with E-state index in [1.54, 1.807) is 13.3 Å². The van der Waals surface area contributed by atoms with Crippen LogP contribution in [-0.2, 0) is 6.54 Å². The molecule has 0 fully saturated rings. The Bertz CT molecular complexity index is 519. The highest BCUT2D eigenvalue weighted by atomic mass is 15.1. The van der Waals surface area contributed by atoms with Gasteiger partial charge in [0, 0.05) is 0 Å². The van der Waals surface area contributed by atoms with Crippen LogP contribution >= 0.6 is 0 Å². The molecular formula is C11H12N4. The molecule has 2 aromatic rings. The second-order valence-corrected chi connectivity index (χ2v) is 3.89. The Kier molecular flexibility index (Phi) is 2.18. The average molecular weight is 200 g/mol. The van der Waals surface area contributed by atoms with Gasteiger partial charge in [-0.3, -0.25) is 0 Å². The fourth-order valence-electron chi connectivity index (χ4n) is 1.53. The standard InChI is InChI=1S/C11H12N4/c1-11(13,6-12)7-15-8-14-9-4-2-3-5-10(9)15/h2-5,8H,7,13H2,1H3. The first kappa shape index (κ1) is 9.69. The fraction of sp³-hybridized carbons (Fsp3) is 0.273. The first-order valence-corrected chi connectivity index (χ1v) is 4.72. The summed E-state index contributed by atoms with van der Waals surface area (Å²) in [6.07, 6.45) is 1.72. The Balaban J connectivity index is 2.42. The Morgan fingerprint density at radius 2 is 2.27 bits per heavy atom. The number of nitrogens with zero attached hydrogens (tertiary/aromatic N) is 3. The zero-order valence-corrected chi connectivity index (χ0v) is 8.51. The molecule has 0 bridgehead atoms. The van der Waals surface area contributed by atoms with Crippen LogP contribution in [-0.4, -0.2) is 15.1 Å². The molecular weight excluding hydrogens is 188 g/mol. The summed E-state index contributed by atoms with van der Waals surface area (Å²) in [6, 6.07) is 9.86.